The maximum atomic E-state index is 8.43. The Morgan fingerprint density at radius 3 is 2.65 bits per heavy atom. The molecule has 4 heteroatoms. The van der Waals surface area contributed by atoms with Crippen molar-refractivity contribution in [1.29, 1.82) is 5.26 Å². The second-order valence-corrected chi connectivity index (χ2v) is 4.92. The molecule has 1 rings (SSSR count). The summed E-state index contributed by atoms with van der Waals surface area (Å²) in [6, 6.07) is 7.86. The van der Waals surface area contributed by atoms with Gasteiger partial charge >= 0.3 is 0 Å². The largest absolute Gasteiger partial charge is 0.302 e. The van der Waals surface area contributed by atoms with Gasteiger partial charge in [-0.15, -0.1) is 0 Å². The Hall–Kier alpha value is -0.750. The first-order valence-corrected chi connectivity index (χ1v) is 6.38. The van der Waals surface area contributed by atoms with E-state index in [2.05, 4.69) is 18.0 Å². The molecule has 1 aromatic carbocycles. The fourth-order valence-corrected chi connectivity index (χ4v) is 1.94. The highest BCUT2D eigenvalue weighted by Gasteiger charge is 2.03. The zero-order valence-electron chi connectivity index (χ0n) is 9.92. The van der Waals surface area contributed by atoms with E-state index in [1.165, 1.54) is 0 Å². The van der Waals surface area contributed by atoms with Crippen LogP contribution in [0.1, 0.15) is 24.8 Å². The van der Waals surface area contributed by atoms with Gasteiger partial charge in [-0.3, -0.25) is 0 Å². The monoisotopic (exact) mass is 270 g/mol. The van der Waals surface area contributed by atoms with Crippen LogP contribution in [0.5, 0.6) is 0 Å². The lowest BCUT2D eigenvalue weighted by molar-refractivity contribution is 0.319. The molecule has 0 atom stereocenters. The average Bonchev–Trinajstić information content (AvgIpc) is 2.30. The molecule has 17 heavy (non-hydrogen) atoms. The number of halogens is 2. The van der Waals surface area contributed by atoms with E-state index in [-0.39, 0.29) is 0 Å². The van der Waals surface area contributed by atoms with Crippen LogP contribution in [0.2, 0.25) is 10.0 Å². The van der Waals surface area contributed by atoms with Crippen molar-refractivity contribution < 1.29 is 0 Å². The van der Waals surface area contributed by atoms with Crippen molar-refractivity contribution >= 4 is 23.2 Å². The van der Waals surface area contributed by atoms with Gasteiger partial charge in [0.25, 0.3) is 0 Å². The van der Waals surface area contributed by atoms with Crippen LogP contribution < -0.4 is 0 Å². The van der Waals surface area contributed by atoms with Crippen molar-refractivity contribution in [1.82, 2.24) is 4.90 Å². The predicted octanol–water partition coefficient (Wildman–Crippen LogP) is 4.12. The molecule has 0 unspecified atom stereocenters. The molecule has 92 valence electrons. The van der Waals surface area contributed by atoms with Gasteiger partial charge in [-0.1, -0.05) is 29.3 Å². The Bertz CT molecular complexity index is 399. The molecule has 0 aliphatic rings. The van der Waals surface area contributed by atoms with Gasteiger partial charge in [-0.2, -0.15) is 5.26 Å². The summed E-state index contributed by atoms with van der Waals surface area (Å²) in [7, 11) is 2.06. The van der Waals surface area contributed by atoms with E-state index in [1.807, 2.05) is 18.2 Å². The standard InChI is InChI=1S/C13H16Cl2N2/c1-17(8-4-2-3-7-16)10-11-5-6-12(14)13(15)9-11/h5-6,9H,2-4,8,10H2,1H3. The van der Waals surface area contributed by atoms with Crippen LogP contribution >= 0.6 is 23.2 Å². The molecule has 0 aliphatic heterocycles. The number of benzene rings is 1. The molecule has 0 amide bonds. The minimum Gasteiger partial charge on any atom is -0.302 e. The highest BCUT2D eigenvalue weighted by atomic mass is 35.5. The molecule has 1 aromatic rings. The summed E-state index contributed by atoms with van der Waals surface area (Å²) in [5, 5.41) is 9.62. The Balaban J connectivity index is 2.37. The zero-order chi connectivity index (χ0) is 12.7. The van der Waals surface area contributed by atoms with Crippen LogP contribution in [0.4, 0.5) is 0 Å². The highest BCUT2D eigenvalue weighted by Crippen LogP contribution is 2.23. The van der Waals surface area contributed by atoms with E-state index in [0.717, 1.165) is 31.5 Å². The van der Waals surface area contributed by atoms with Gasteiger partial charge in [0.05, 0.1) is 16.1 Å². The van der Waals surface area contributed by atoms with Crippen molar-refractivity contribution in [2.45, 2.75) is 25.8 Å². The summed E-state index contributed by atoms with van der Waals surface area (Å²) in [5.41, 5.74) is 1.15. The van der Waals surface area contributed by atoms with Gasteiger partial charge in [0.2, 0.25) is 0 Å². The third kappa shape index (κ3) is 5.41. The van der Waals surface area contributed by atoms with Crippen LogP contribution in [-0.4, -0.2) is 18.5 Å². The number of hydrogen-bond acceptors (Lipinski definition) is 2. The second-order valence-electron chi connectivity index (χ2n) is 4.10. The normalized spacial score (nSPS) is 10.5. The molecule has 0 saturated carbocycles. The Morgan fingerprint density at radius 2 is 2.00 bits per heavy atom. The first-order chi connectivity index (χ1) is 8.13. The van der Waals surface area contributed by atoms with Crippen molar-refractivity contribution in [3.8, 4) is 6.07 Å². The van der Waals surface area contributed by atoms with Crippen molar-refractivity contribution in [2.75, 3.05) is 13.6 Å². The van der Waals surface area contributed by atoms with Crippen LogP contribution in [0, 0.1) is 11.3 Å². The summed E-state index contributed by atoms with van der Waals surface area (Å²) in [6.07, 6.45) is 2.65. The minimum atomic E-state index is 0.590. The van der Waals surface area contributed by atoms with Crippen LogP contribution in [0.15, 0.2) is 18.2 Å². The lowest BCUT2D eigenvalue weighted by Crippen LogP contribution is -2.19. The number of hydrogen-bond donors (Lipinski definition) is 0. The van der Waals surface area contributed by atoms with Crippen molar-refractivity contribution in [3.63, 3.8) is 0 Å². The molecule has 0 aromatic heterocycles. The quantitative estimate of drug-likeness (QED) is 0.728. The zero-order valence-corrected chi connectivity index (χ0v) is 11.4. The van der Waals surface area contributed by atoms with Crippen LogP contribution in [-0.2, 0) is 6.54 Å². The van der Waals surface area contributed by atoms with Crippen molar-refractivity contribution in [3.05, 3.63) is 33.8 Å². The van der Waals surface area contributed by atoms with Gasteiger partial charge in [0, 0.05) is 13.0 Å². The van der Waals surface area contributed by atoms with E-state index in [4.69, 9.17) is 28.5 Å². The van der Waals surface area contributed by atoms with Crippen LogP contribution in [0.25, 0.3) is 0 Å². The van der Waals surface area contributed by atoms with Gasteiger partial charge in [0.1, 0.15) is 0 Å². The number of nitriles is 1. The summed E-state index contributed by atoms with van der Waals surface area (Å²) in [4.78, 5) is 2.22. The molecular weight excluding hydrogens is 255 g/mol. The Labute approximate surface area is 113 Å². The van der Waals surface area contributed by atoms with Gasteiger partial charge < -0.3 is 4.90 Å². The molecule has 0 radical (unpaired) electrons. The molecule has 0 saturated heterocycles. The minimum absolute atomic E-state index is 0.590. The SMILES string of the molecule is CN(CCCCC#N)Cc1ccc(Cl)c(Cl)c1. The number of unbranched alkanes of at least 4 members (excludes halogenated alkanes) is 2. The Morgan fingerprint density at radius 1 is 1.24 bits per heavy atom. The average molecular weight is 271 g/mol. The van der Waals surface area contributed by atoms with E-state index in [1.54, 1.807) is 0 Å². The fraction of sp³-hybridized carbons (Fsp3) is 0.462. The third-order valence-electron chi connectivity index (χ3n) is 2.51. The summed E-state index contributed by atoms with van der Waals surface area (Å²) in [6.45, 7) is 1.84. The maximum Gasteiger partial charge on any atom is 0.0621 e. The lowest BCUT2D eigenvalue weighted by atomic mass is 10.2. The molecule has 2 nitrogen and oxygen atoms in total. The maximum absolute atomic E-state index is 8.43. The first kappa shape index (κ1) is 14.3. The molecule has 0 fully saturated rings. The van der Waals surface area contributed by atoms with Gasteiger partial charge in [-0.25, -0.2) is 0 Å². The summed E-state index contributed by atoms with van der Waals surface area (Å²) < 4.78 is 0. The Kier molecular flexibility index (Phi) is 6.36. The van der Waals surface area contributed by atoms with E-state index in [0.29, 0.717) is 16.5 Å². The number of nitrogens with zero attached hydrogens (tertiary/aromatic N) is 2. The second kappa shape index (κ2) is 7.55. The van der Waals surface area contributed by atoms with E-state index >= 15 is 0 Å². The smallest absolute Gasteiger partial charge is 0.0621 e. The first-order valence-electron chi connectivity index (χ1n) is 5.63. The highest BCUT2D eigenvalue weighted by molar-refractivity contribution is 6.42. The summed E-state index contributed by atoms with van der Waals surface area (Å²) >= 11 is 11.8. The fourth-order valence-electron chi connectivity index (χ4n) is 1.61. The number of rotatable bonds is 6. The molecular formula is C13H16Cl2N2. The predicted molar refractivity (Wildman–Crippen MR) is 72.3 cm³/mol. The summed E-state index contributed by atoms with van der Waals surface area (Å²) in [5.74, 6) is 0. The van der Waals surface area contributed by atoms with Crippen LogP contribution in [0.3, 0.4) is 0 Å². The van der Waals surface area contributed by atoms with E-state index in [9.17, 15) is 0 Å². The lowest BCUT2D eigenvalue weighted by Gasteiger charge is -2.16. The van der Waals surface area contributed by atoms with Gasteiger partial charge in [0.15, 0.2) is 0 Å². The third-order valence-corrected chi connectivity index (χ3v) is 3.25. The van der Waals surface area contributed by atoms with E-state index < -0.39 is 0 Å². The molecule has 0 aliphatic carbocycles. The topological polar surface area (TPSA) is 27.0 Å². The molecule has 0 N–H and O–H groups in total. The molecule has 0 spiro atoms. The molecule has 0 heterocycles. The van der Waals surface area contributed by atoms with Gasteiger partial charge in [-0.05, 0) is 44.1 Å². The van der Waals surface area contributed by atoms with Crippen molar-refractivity contribution in [2.24, 2.45) is 0 Å². The molecule has 0 bridgehead atoms.